The van der Waals surface area contributed by atoms with Crippen molar-refractivity contribution in [2.75, 3.05) is 6.54 Å². The summed E-state index contributed by atoms with van der Waals surface area (Å²) in [5.41, 5.74) is 0. The van der Waals surface area contributed by atoms with Crippen LogP contribution in [0.15, 0.2) is 0 Å². The summed E-state index contributed by atoms with van der Waals surface area (Å²) in [5, 5.41) is 5.78. The second-order valence-corrected chi connectivity index (χ2v) is 8.61. The fourth-order valence-electron chi connectivity index (χ4n) is 4.00. The third kappa shape index (κ3) is 14.0. The molecule has 1 aliphatic heterocycles. The predicted molar refractivity (Wildman–Crippen MR) is 118 cm³/mol. The van der Waals surface area contributed by atoms with Crippen LogP contribution in [0.1, 0.15) is 129 Å². The van der Waals surface area contributed by atoms with Crippen LogP contribution in [0.4, 0.5) is 0 Å². The molecule has 0 aromatic rings. The summed E-state index contributed by atoms with van der Waals surface area (Å²) in [4.78, 5) is 23.8. The molecule has 4 heteroatoms. The number of rotatable bonds is 17. The molecule has 1 unspecified atom stereocenters. The van der Waals surface area contributed by atoms with Gasteiger partial charge < -0.3 is 10.6 Å². The number of hydrogen-bond donors (Lipinski definition) is 2. The highest BCUT2D eigenvalue weighted by molar-refractivity contribution is 5.87. The van der Waals surface area contributed by atoms with Gasteiger partial charge in [0.2, 0.25) is 11.8 Å². The van der Waals surface area contributed by atoms with Crippen LogP contribution in [0.5, 0.6) is 0 Å². The summed E-state index contributed by atoms with van der Waals surface area (Å²) in [6, 6.07) is -0.314. The zero-order valence-electron chi connectivity index (χ0n) is 18.5. The third-order valence-electron chi connectivity index (χ3n) is 5.88. The first-order valence-corrected chi connectivity index (χ1v) is 12.3. The van der Waals surface area contributed by atoms with Crippen molar-refractivity contribution in [3.63, 3.8) is 0 Å². The summed E-state index contributed by atoms with van der Waals surface area (Å²) in [6.45, 7) is 3.02. The average molecular weight is 395 g/mol. The van der Waals surface area contributed by atoms with E-state index in [1.54, 1.807) is 0 Å². The molecule has 1 rings (SSSR count). The molecule has 2 amide bonds. The van der Waals surface area contributed by atoms with Gasteiger partial charge in [-0.2, -0.15) is 0 Å². The molecule has 1 saturated heterocycles. The van der Waals surface area contributed by atoms with Crippen LogP contribution < -0.4 is 10.6 Å². The lowest BCUT2D eigenvalue weighted by molar-refractivity contribution is -0.128. The Morgan fingerprint density at radius 3 is 1.86 bits per heavy atom. The van der Waals surface area contributed by atoms with Crippen molar-refractivity contribution >= 4 is 11.8 Å². The maximum absolute atomic E-state index is 12.0. The Bertz CT molecular complexity index is 398. The van der Waals surface area contributed by atoms with E-state index in [1.807, 2.05) is 0 Å². The zero-order valence-corrected chi connectivity index (χ0v) is 18.5. The van der Waals surface area contributed by atoms with Crippen molar-refractivity contribution in [2.24, 2.45) is 0 Å². The topological polar surface area (TPSA) is 58.2 Å². The number of hydrogen-bond acceptors (Lipinski definition) is 2. The highest BCUT2D eigenvalue weighted by Gasteiger charge is 2.21. The van der Waals surface area contributed by atoms with Crippen molar-refractivity contribution < 1.29 is 9.59 Å². The average Bonchev–Trinajstić information content (AvgIpc) is 2.89. The van der Waals surface area contributed by atoms with Crippen LogP contribution >= 0.6 is 0 Å². The van der Waals surface area contributed by atoms with Crippen molar-refractivity contribution in [1.29, 1.82) is 0 Å². The molecular weight excluding hydrogens is 348 g/mol. The normalized spacial score (nSPS) is 17.2. The number of amides is 2. The first-order valence-electron chi connectivity index (χ1n) is 12.3. The number of nitrogens with one attached hydrogen (secondary N) is 2. The molecule has 1 aliphatic rings. The summed E-state index contributed by atoms with van der Waals surface area (Å²) in [5.74, 6) is 0.0269. The molecule has 0 aliphatic carbocycles. The van der Waals surface area contributed by atoms with Gasteiger partial charge in [0.25, 0.3) is 0 Å². The molecular formula is C24H46N2O2. The van der Waals surface area contributed by atoms with Gasteiger partial charge in [0, 0.05) is 13.0 Å². The SMILES string of the molecule is CCCCCCCCCCCCCCCCCC(=O)NC1CCCCNC1=O. The number of carbonyl (C=O) groups excluding carboxylic acids is 2. The van der Waals surface area contributed by atoms with Crippen LogP contribution in [-0.4, -0.2) is 24.4 Å². The van der Waals surface area contributed by atoms with E-state index in [-0.39, 0.29) is 17.9 Å². The molecule has 2 N–H and O–H groups in total. The maximum atomic E-state index is 12.0. The van der Waals surface area contributed by atoms with E-state index in [1.165, 1.54) is 83.5 Å². The highest BCUT2D eigenvalue weighted by atomic mass is 16.2. The molecule has 164 valence electrons. The number of unbranched alkanes of at least 4 members (excludes halogenated alkanes) is 14. The highest BCUT2D eigenvalue weighted by Crippen LogP contribution is 2.14. The van der Waals surface area contributed by atoms with Gasteiger partial charge >= 0.3 is 0 Å². The molecule has 28 heavy (non-hydrogen) atoms. The molecule has 0 radical (unpaired) electrons. The first kappa shape index (κ1) is 25.0. The van der Waals surface area contributed by atoms with Crippen LogP contribution in [0.25, 0.3) is 0 Å². The third-order valence-corrected chi connectivity index (χ3v) is 5.88. The van der Waals surface area contributed by atoms with Gasteiger partial charge in [-0.15, -0.1) is 0 Å². The van der Waals surface area contributed by atoms with E-state index < -0.39 is 0 Å². The second kappa shape index (κ2) is 18.0. The van der Waals surface area contributed by atoms with Crippen molar-refractivity contribution in [3.05, 3.63) is 0 Å². The summed E-state index contributed by atoms with van der Waals surface area (Å²) in [6.07, 6.45) is 23.3. The largest absolute Gasteiger partial charge is 0.354 e. The van der Waals surface area contributed by atoms with Gasteiger partial charge in [-0.3, -0.25) is 9.59 Å². The molecule has 0 aromatic heterocycles. The summed E-state index contributed by atoms with van der Waals surface area (Å²) < 4.78 is 0. The Labute approximate surface area is 174 Å². The molecule has 1 heterocycles. The molecule has 0 saturated carbocycles. The van der Waals surface area contributed by atoms with Gasteiger partial charge in [0.1, 0.15) is 6.04 Å². The molecule has 4 nitrogen and oxygen atoms in total. The van der Waals surface area contributed by atoms with Gasteiger partial charge in [0.15, 0.2) is 0 Å². The minimum Gasteiger partial charge on any atom is -0.354 e. The van der Waals surface area contributed by atoms with Crippen LogP contribution in [0.3, 0.4) is 0 Å². The van der Waals surface area contributed by atoms with E-state index >= 15 is 0 Å². The van der Waals surface area contributed by atoms with E-state index in [4.69, 9.17) is 0 Å². The second-order valence-electron chi connectivity index (χ2n) is 8.61. The van der Waals surface area contributed by atoms with E-state index in [9.17, 15) is 9.59 Å². The van der Waals surface area contributed by atoms with Gasteiger partial charge in [-0.1, -0.05) is 96.8 Å². The van der Waals surface area contributed by atoms with Crippen LogP contribution in [-0.2, 0) is 9.59 Å². The quantitative estimate of drug-likeness (QED) is 0.296. The van der Waals surface area contributed by atoms with Crippen LogP contribution in [0.2, 0.25) is 0 Å². The van der Waals surface area contributed by atoms with E-state index in [2.05, 4.69) is 17.6 Å². The fourth-order valence-corrected chi connectivity index (χ4v) is 4.00. The predicted octanol–water partition coefficient (Wildman–Crippen LogP) is 6.03. The maximum Gasteiger partial charge on any atom is 0.242 e. The summed E-state index contributed by atoms with van der Waals surface area (Å²) in [7, 11) is 0. The lowest BCUT2D eigenvalue weighted by Crippen LogP contribution is -2.45. The lowest BCUT2D eigenvalue weighted by Gasteiger charge is -2.15. The van der Waals surface area contributed by atoms with E-state index in [0.29, 0.717) is 6.42 Å². The minimum atomic E-state index is -0.314. The van der Waals surface area contributed by atoms with Crippen LogP contribution in [0, 0.1) is 0 Å². The lowest BCUT2D eigenvalue weighted by atomic mass is 10.0. The Morgan fingerprint density at radius 1 is 0.821 bits per heavy atom. The van der Waals surface area contributed by atoms with Gasteiger partial charge in [-0.05, 0) is 25.7 Å². The van der Waals surface area contributed by atoms with Crippen molar-refractivity contribution in [2.45, 2.75) is 135 Å². The Hall–Kier alpha value is -1.06. The zero-order chi connectivity index (χ0) is 20.3. The molecule has 0 aromatic carbocycles. The van der Waals surface area contributed by atoms with Gasteiger partial charge in [0.05, 0.1) is 0 Å². The Morgan fingerprint density at radius 2 is 1.32 bits per heavy atom. The first-order chi connectivity index (χ1) is 13.7. The van der Waals surface area contributed by atoms with E-state index in [0.717, 1.165) is 38.6 Å². The van der Waals surface area contributed by atoms with Crippen molar-refractivity contribution in [3.8, 4) is 0 Å². The van der Waals surface area contributed by atoms with Gasteiger partial charge in [-0.25, -0.2) is 0 Å². The smallest absolute Gasteiger partial charge is 0.242 e. The monoisotopic (exact) mass is 394 g/mol. The standard InChI is InChI=1S/C24H46N2O2/c1-2-3-4-5-6-7-8-9-10-11-12-13-14-15-16-20-23(27)26-22-19-17-18-21-25-24(22)28/h22H,2-21H2,1H3,(H,25,28)(H,26,27). The number of carbonyl (C=O) groups is 2. The summed E-state index contributed by atoms with van der Waals surface area (Å²) >= 11 is 0. The fraction of sp³-hybridized carbons (Fsp3) is 0.917. The molecule has 0 spiro atoms. The molecule has 1 atom stereocenters. The minimum absolute atomic E-state index is 0.0117. The Balaban J connectivity index is 1.82. The Kier molecular flexibility index (Phi) is 16.1. The van der Waals surface area contributed by atoms with Crippen molar-refractivity contribution in [1.82, 2.24) is 10.6 Å². The molecule has 1 fully saturated rings. The molecule has 0 bridgehead atoms.